The van der Waals surface area contributed by atoms with E-state index in [2.05, 4.69) is 0 Å². The average Bonchev–Trinajstić information content (AvgIpc) is 2.79. The van der Waals surface area contributed by atoms with Crippen LogP contribution in [0.4, 0.5) is 0 Å². The largest absolute Gasteiger partial charge is 0.495 e. The molecule has 1 amide bonds. The Hall–Kier alpha value is -2.05. The minimum absolute atomic E-state index is 0.0104. The number of amides is 1. The van der Waals surface area contributed by atoms with Crippen LogP contribution in [0.2, 0.25) is 0 Å². The second-order valence-electron chi connectivity index (χ2n) is 6.30. The van der Waals surface area contributed by atoms with Gasteiger partial charge in [-0.15, -0.1) is 0 Å². The van der Waals surface area contributed by atoms with Crippen molar-refractivity contribution in [1.82, 2.24) is 4.90 Å². The first kappa shape index (κ1) is 18.7. The quantitative estimate of drug-likeness (QED) is 0.750. The first-order chi connectivity index (χ1) is 12.3. The van der Waals surface area contributed by atoms with Gasteiger partial charge in [0.1, 0.15) is 10.6 Å². The fraction of sp³-hybridized carbons (Fsp3) is 0.316. The monoisotopic (exact) mass is 393 g/mol. The van der Waals surface area contributed by atoms with Crippen LogP contribution < -0.4 is 4.74 Å². The van der Waals surface area contributed by atoms with E-state index in [1.165, 1.54) is 7.11 Å². The van der Waals surface area contributed by atoms with Gasteiger partial charge in [0.2, 0.25) is 5.91 Å². The number of methoxy groups -OCH3 is 1. The Bertz CT molecular complexity index is 928. The standard InChI is InChI=1S/C19H20ClNO4S/c1-13(22)21-9-8-15-12-19(26(20,23)24)18(25-2)11-16(15)10-17(21)14-6-4-3-5-7-14/h3-7,11-12,17H,8-10H2,1-2H3. The van der Waals surface area contributed by atoms with Crippen LogP contribution in [-0.4, -0.2) is 32.9 Å². The third kappa shape index (κ3) is 3.71. The normalized spacial score (nSPS) is 17.3. The Morgan fingerprint density at radius 3 is 2.46 bits per heavy atom. The molecule has 0 N–H and O–H groups in total. The van der Waals surface area contributed by atoms with E-state index in [0.717, 1.165) is 16.7 Å². The van der Waals surface area contributed by atoms with Crippen LogP contribution in [0, 0.1) is 0 Å². The van der Waals surface area contributed by atoms with Gasteiger partial charge in [0.25, 0.3) is 9.05 Å². The third-order valence-electron chi connectivity index (χ3n) is 4.75. The number of fused-ring (bicyclic) bond motifs is 1. The van der Waals surface area contributed by atoms with E-state index in [-0.39, 0.29) is 22.6 Å². The molecule has 7 heteroatoms. The summed E-state index contributed by atoms with van der Waals surface area (Å²) in [5.74, 6) is 0.214. The molecule has 0 bridgehead atoms. The minimum atomic E-state index is -3.92. The van der Waals surface area contributed by atoms with Crippen molar-refractivity contribution in [1.29, 1.82) is 0 Å². The van der Waals surface area contributed by atoms with Crippen molar-refractivity contribution in [2.75, 3.05) is 13.7 Å². The van der Waals surface area contributed by atoms with Crippen LogP contribution in [0.1, 0.15) is 29.7 Å². The van der Waals surface area contributed by atoms with Crippen LogP contribution in [0.3, 0.4) is 0 Å². The lowest BCUT2D eigenvalue weighted by molar-refractivity contribution is -0.131. The van der Waals surface area contributed by atoms with E-state index < -0.39 is 9.05 Å². The fourth-order valence-corrected chi connectivity index (χ4v) is 4.51. The maximum atomic E-state index is 12.2. The minimum Gasteiger partial charge on any atom is -0.495 e. The maximum Gasteiger partial charge on any atom is 0.264 e. The first-order valence-electron chi connectivity index (χ1n) is 8.28. The van der Waals surface area contributed by atoms with Gasteiger partial charge in [-0.05, 0) is 41.7 Å². The summed E-state index contributed by atoms with van der Waals surface area (Å²) in [6, 6.07) is 13.0. The molecule has 138 valence electrons. The lowest BCUT2D eigenvalue weighted by atomic mass is 9.95. The molecule has 0 aliphatic carbocycles. The summed E-state index contributed by atoms with van der Waals surface area (Å²) in [6.45, 7) is 2.07. The number of hydrogen-bond donors (Lipinski definition) is 0. The first-order valence-corrected chi connectivity index (χ1v) is 10.6. The summed E-state index contributed by atoms with van der Waals surface area (Å²) < 4.78 is 29.0. The lowest BCUT2D eigenvalue weighted by Crippen LogP contribution is -2.34. The smallest absolute Gasteiger partial charge is 0.264 e. The van der Waals surface area contributed by atoms with E-state index in [9.17, 15) is 13.2 Å². The van der Waals surface area contributed by atoms with E-state index in [1.54, 1.807) is 19.1 Å². The van der Waals surface area contributed by atoms with E-state index in [4.69, 9.17) is 15.4 Å². The molecule has 1 atom stereocenters. The summed E-state index contributed by atoms with van der Waals surface area (Å²) in [6.07, 6.45) is 1.14. The van der Waals surface area contributed by atoms with Crippen molar-refractivity contribution in [3.05, 3.63) is 59.2 Å². The van der Waals surface area contributed by atoms with Gasteiger partial charge in [0.15, 0.2) is 0 Å². The Kier molecular flexibility index (Phi) is 5.25. The number of carbonyl (C=O) groups is 1. The Balaban J connectivity index is 2.11. The number of ether oxygens (including phenoxy) is 1. The average molecular weight is 394 g/mol. The van der Waals surface area contributed by atoms with Crippen LogP contribution in [-0.2, 0) is 26.7 Å². The molecule has 0 fully saturated rings. The number of rotatable bonds is 3. The zero-order valence-corrected chi connectivity index (χ0v) is 16.2. The van der Waals surface area contributed by atoms with Crippen molar-refractivity contribution in [3.63, 3.8) is 0 Å². The van der Waals surface area contributed by atoms with Gasteiger partial charge < -0.3 is 9.64 Å². The molecule has 5 nitrogen and oxygen atoms in total. The predicted molar refractivity (Wildman–Crippen MR) is 100 cm³/mol. The van der Waals surface area contributed by atoms with Crippen LogP contribution in [0.15, 0.2) is 47.4 Å². The second-order valence-corrected chi connectivity index (χ2v) is 8.84. The number of halogens is 1. The van der Waals surface area contributed by atoms with E-state index in [1.807, 2.05) is 35.2 Å². The highest BCUT2D eigenvalue weighted by Crippen LogP contribution is 2.36. The highest BCUT2D eigenvalue weighted by Gasteiger charge is 2.29. The molecule has 0 aromatic heterocycles. The van der Waals surface area contributed by atoms with Gasteiger partial charge in [-0.1, -0.05) is 30.3 Å². The number of nitrogens with zero attached hydrogens (tertiary/aromatic N) is 1. The number of carbonyl (C=O) groups excluding carboxylic acids is 1. The van der Waals surface area contributed by atoms with Crippen molar-refractivity contribution in [3.8, 4) is 5.75 Å². The van der Waals surface area contributed by atoms with Crippen molar-refractivity contribution in [2.24, 2.45) is 0 Å². The summed E-state index contributed by atoms with van der Waals surface area (Å²) in [5, 5.41) is 0. The molecular weight excluding hydrogens is 374 g/mol. The molecule has 26 heavy (non-hydrogen) atoms. The Morgan fingerprint density at radius 2 is 1.88 bits per heavy atom. The molecule has 3 rings (SSSR count). The van der Waals surface area contributed by atoms with Crippen molar-refractivity contribution in [2.45, 2.75) is 30.7 Å². The Labute approximate surface area is 158 Å². The van der Waals surface area contributed by atoms with Gasteiger partial charge >= 0.3 is 0 Å². The molecule has 0 radical (unpaired) electrons. The zero-order valence-electron chi connectivity index (χ0n) is 14.6. The molecule has 2 aromatic rings. The topological polar surface area (TPSA) is 63.7 Å². The van der Waals surface area contributed by atoms with Crippen molar-refractivity contribution >= 4 is 25.6 Å². The molecular formula is C19H20ClNO4S. The summed E-state index contributed by atoms with van der Waals surface area (Å²) >= 11 is 0. The molecule has 1 unspecified atom stereocenters. The van der Waals surface area contributed by atoms with Gasteiger partial charge in [-0.2, -0.15) is 0 Å². The SMILES string of the molecule is COc1cc2c(cc1S(=O)(=O)Cl)CCN(C(C)=O)C(c1ccccc1)C2. The maximum absolute atomic E-state index is 12.2. The predicted octanol–water partition coefficient (Wildman–Crippen LogP) is 3.31. The number of hydrogen-bond acceptors (Lipinski definition) is 4. The summed E-state index contributed by atoms with van der Waals surface area (Å²) in [5.41, 5.74) is 2.88. The van der Waals surface area contributed by atoms with Crippen molar-refractivity contribution < 1.29 is 17.9 Å². The summed E-state index contributed by atoms with van der Waals surface area (Å²) in [4.78, 5) is 14.0. The molecule has 1 heterocycles. The van der Waals surface area contributed by atoms with Gasteiger partial charge in [0, 0.05) is 24.2 Å². The molecule has 1 aliphatic heterocycles. The Morgan fingerprint density at radius 1 is 1.19 bits per heavy atom. The van der Waals surface area contributed by atoms with Gasteiger partial charge in [-0.3, -0.25) is 4.79 Å². The molecule has 0 spiro atoms. The molecule has 1 aliphatic rings. The third-order valence-corrected chi connectivity index (χ3v) is 6.09. The lowest BCUT2D eigenvalue weighted by Gasteiger charge is -2.29. The van der Waals surface area contributed by atoms with Crippen LogP contribution >= 0.6 is 10.7 Å². The highest BCUT2D eigenvalue weighted by molar-refractivity contribution is 8.13. The zero-order chi connectivity index (χ0) is 18.9. The van der Waals surface area contributed by atoms with Gasteiger partial charge in [-0.25, -0.2) is 8.42 Å². The van der Waals surface area contributed by atoms with E-state index in [0.29, 0.717) is 19.4 Å². The van der Waals surface area contributed by atoms with Gasteiger partial charge in [0.05, 0.1) is 13.2 Å². The second kappa shape index (κ2) is 7.29. The fourth-order valence-electron chi connectivity index (χ4n) is 3.48. The van der Waals surface area contributed by atoms with Crippen LogP contribution in [0.25, 0.3) is 0 Å². The highest BCUT2D eigenvalue weighted by atomic mass is 35.7. The number of benzene rings is 2. The van der Waals surface area contributed by atoms with Crippen LogP contribution in [0.5, 0.6) is 5.75 Å². The molecule has 0 saturated carbocycles. The van der Waals surface area contributed by atoms with E-state index >= 15 is 0 Å². The molecule has 2 aromatic carbocycles. The molecule has 0 saturated heterocycles. The summed E-state index contributed by atoms with van der Waals surface area (Å²) in [7, 11) is 3.05.